The first-order chi connectivity index (χ1) is 12.8. The van der Waals surface area contributed by atoms with Gasteiger partial charge in [0.1, 0.15) is 0 Å². The zero-order chi connectivity index (χ0) is 17.9. The van der Waals surface area contributed by atoms with Crippen LogP contribution in [-0.4, -0.2) is 36.5 Å². The predicted octanol–water partition coefficient (Wildman–Crippen LogP) is 3.45. The summed E-state index contributed by atoms with van der Waals surface area (Å²) >= 11 is 0. The Labute approximate surface area is 154 Å². The number of rotatable bonds is 3. The van der Waals surface area contributed by atoms with Crippen molar-refractivity contribution in [2.24, 2.45) is 0 Å². The van der Waals surface area contributed by atoms with E-state index in [0.717, 1.165) is 38.2 Å². The summed E-state index contributed by atoms with van der Waals surface area (Å²) in [5.41, 5.74) is 4.15. The van der Waals surface area contributed by atoms with Crippen molar-refractivity contribution in [1.82, 2.24) is 4.90 Å². The Balaban J connectivity index is 1.44. The Morgan fingerprint density at radius 3 is 2.42 bits per heavy atom. The Kier molecular flexibility index (Phi) is 4.55. The number of amides is 1. The molecule has 0 spiro atoms. The third-order valence-electron chi connectivity index (χ3n) is 5.31. The van der Waals surface area contributed by atoms with E-state index in [1.807, 2.05) is 23.1 Å². The molecule has 0 N–H and O–H groups in total. The maximum Gasteiger partial charge on any atom is 0.244 e. The van der Waals surface area contributed by atoms with E-state index in [-0.39, 0.29) is 11.9 Å². The summed E-state index contributed by atoms with van der Waals surface area (Å²) in [5.74, 6) is 0.172. The van der Waals surface area contributed by atoms with Crippen LogP contribution in [0.25, 0.3) is 5.57 Å². The first-order valence-electron chi connectivity index (χ1n) is 9.06. The molecule has 1 saturated heterocycles. The topological polar surface area (TPSA) is 47.3 Å². The maximum atomic E-state index is 12.9. The molecule has 4 heteroatoms. The quantitative estimate of drug-likeness (QED) is 0.857. The minimum atomic E-state index is -0.0424. The van der Waals surface area contributed by atoms with Gasteiger partial charge in [0.05, 0.1) is 17.7 Å². The van der Waals surface area contributed by atoms with Crippen molar-refractivity contribution in [2.45, 2.75) is 18.9 Å². The molecule has 2 aliphatic rings. The number of anilines is 1. The monoisotopic (exact) mass is 343 g/mol. The molecule has 2 heterocycles. The van der Waals surface area contributed by atoms with Gasteiger partial charge in [-0.1, -0.05) is 36.4 Å². The van der Waals surface area contributed by atoms with Crippen LogP contribution in [0, 0.1) is 11.3 Å². The van der Waals surface area contributed by atoms with Gasteiger partial charge in [-0.05, 0) is 48.2 Å². The summed E-state index contributed by atoms with van der Waals surface area (Å²) < 4.78 is 0. The van der Waals surface area contributed by atoms with Crippen LogP contribution in [0.3, 0.4) is 0 Å². The summed E-state index contributed by atoms with van der Waals surface area (Å²) in [6.07, 6.45) is 4.09. The second-order valence-corrected chi connectivity index (χ2v) is 6.79. The summed E-state index contributed by atoms with van der Waals surface area (Å²) in [5, 5.41) is 8.92. The van der Waals surface area contributed by atoms with Crippen molar-refractivity contribution in [1.29, 1.82) is 5.26 Å². The van der Waals surface area contributed by atoms with E-state index in [1.165, 1.54) is 11.1 Å². The third-order valence-corrected chi connectivity index (χ3v) is 5.31. The van der Waals surface area contributed by atoms with Crippen molar-refractivity contribution in [3.05, 3.63) is 71.8 Å². The summed E-state index contributed by atoms with van der Waals surface area (Å²) in [4.78, 5) is 17.0. The molecule has 4 rings (SSSR count). The van der Waals surface area contributed by atoms with Gasteiger partial charge in [0.15, 0.2) is 0 Å². The van der Waals surface area contributed by atoms with Crippen LogP contribution in [0.15, 0.2) is 60.7 Å². The molecule has 4 nitrogen and oxygen atoms in total. The molecule has 0 saturated carbocycles. The van der Waals surface area contributed by atoms with Crippen molar-refractivity contribution in [3.8, 4) is 6.07 Å². The molecular weight excluding hydrogens is 322 g/mol. The van der Waals surface area contributed by atoms with Crippen molar-refractivity contribution >= 4 is 17.2 Å². The van der Waals surface area contributed by atoms with Crippen molar-refractivity contribution in [2.75, 3.05) is 24.5 Å². The van der Waals surface area contributed by atoms with Crippen LogP contribution in [0.1, 0.15) is 24.0 Å². The highest BCUT2D eigenvalue weighted by molar-refractivity contribution is 5.99. The molecule has 1 fully saturated rings. The first-order valence-corrected chi connectivity index (χ1v) is 9.06. The van der Waals surface area contributed by atoms with Crippen LogP contribution < -0.4 is 4.90 Å². The highest BCUT2D eigenvalue weighted by atomic mass is 16.2. The van der Waals surface area contributed by atoms with Gasteiger partial charge in [-0.3, -0.25) is 9.69 Å². The molecule has 0 radical (unpaired) electrons. The second kappa shape index (κ2) is 7.15. The minimum Gasteiger partial charge on any atom is -0.311 e. The van der Waals surface area contributed by atoms with E-state index < -0.39 is 0 Å². The minimum absolute atomic E-state index is 0.0424. The zero-order valence-electron chi connectivity index (χ0n) is 14.6. The molecule has 2 aromatic rings. The highest BCUT2D eigenvalue weighted by Crippen LogP contribution is 2.28. The summed E-state index contributed by atoms with van der Waals surface area (Å²) in [6.45, 7) is 2.47. The average Bonchev–Trinajstić information content (AvgIpc) is 3.10. The van der Waals surface area contributed by atoms with Crippen LogP contribution in [0.5, 0.6) is 0 Å². The number of hydrogen-bond acceptors (Lipinski definition) is 3. The van der Waals surface area contributed by atoms with E-state index >= 15 is 0 Å². The fourth-order valence-corrected chi connectivity index (χ4v) is 3.86. The van der Waals surface area contributed by atoms with Crippen LogP contribution in [-0.2, 0) is 4.79 Å². The van der Waals surface area contributed by atoms with E-state index in [0.29, 0.717) is 5.56 Å². The van der Waals surface area contributed by atoms with Crippen molar-refractivity contribution in [3.63, 3.8) is 0 Å². The van der Waals surface area contributed by atoms with E-state index in [2.05, 4.69) is 41.3 Å². The first kappa shape index (κ1) is 16.6. The van der Waals surface area contributed by atoms with Gasteiger partial charge in [0.25, 0.3) is 0 Å². The van der Waals surface area contributed by atoms with Crippen LogP contribution in [0.2, 0.25) is 0 Å². The molecule has 0 aromatic heterocycles. The lowest BCUT2D eigenvalue weighted by molar-refractivity contribution is -0.121. The zero-order valence-corrected chi connectivity index (χ0v) is 14.6. The second-order valence-electron chi connectivity index (χ2n) is 6.79. The normalized spacial score (nSPS) is 20.7. The fourth-order valence-electron chi connectivity index (χ4n) is 3.86. The molecule has 0 bridgehead atoms. The molecule has 26 heavy (non-hydrogen) atoms. The Bertz CT molecular complexity index is 865. The molecule has 2 aliphatic heterocycles. The molecule has 130 valence electrons. The average molecular weight is 343 g/mol. The number of benzene rings is 2. The fraction of sp³-hybridized carbons (Fsp3) is 0.273. The lowest BCUT2D eigenvalue weighted by atomic mass is 9.98. The lowest BCUT2D eigenvalue weighted by Gasteiger charge is -2.30. The summed E-state index contributed by atoms with van der Waals surface area (Å²) in [6, 6.07) is 19.8. The number of carbonyl (C=O) groups excluding carboxylic acids is 1. The third kappa shape index (κ3) is 3.14. The SMILES string of the molecule is N#Cc1ccc(N2CC[C@@H](N3CC=C(c4ccccc4)CC3)C2=O)cc1. The lowest BCUT2D eigenvalue weighted by Crippen LogP contribution is -2.43. The van der Waals surface area contributed by atoms with E-state index in [1.54, 1.807) is 12.1 Å². The van der Waals surface area contributed by atoms with Crippen LogP contribution >= 0.6 is 0 Å². The van der Waals surface area contributed by atoms with Gasteiger partial charge in [-0.15, -0.1) is 0 Å². The molecule has 0 aliphatic carbocycles. The number of nitriles is 1. The molecule has 0 unspecified atom stereocenters. The Hall–Kier alpha value is -2.90. The molecule has 1 atom stereocenters. The number of nitrogens with zero attached hydrogens (tertiary/aromatic N) is 3. The number of hydrogen-bond donors (Lipinski definition) is 0. The number of carbonyl (C=O) groups is 1. The highest BCUT2D eigenvalue weighted by Gasteiger charge is 2.36. The summed E-state index contributed by atoms with van der Waals surface area (Å²) in [7, 11) is 0. The Morgan fingerprint density at radius 2 is 1.77 bits per heavy atom. The Morgan fingerprint density at radius 1 is 1.00 bits per heavy atom. The smallest absolute Gasteiger partial charge is 0.244 e. The van der Waals surface area contributed by atoms with Gasteiger partial charge < -0.3 is 4.90 Å². The van der Waals surface area contributed by atoms with Gasteiger partial charge in [0, 0.05) is 25.3 Å². The van der Waals surface area contributed by atoms with Crippen molar-refractivity contribution < 1.29 is 4.79 Å². The van der Waals surface area contributed by atoms with E-state index in [9.17, 15) is 4.79 Å². The molecule has 1 amide bonds. The maximum absolute atomic E-state index is 12.9. The van der Waals surface area contributed by atoms with Gasteiger partial charge in [-0.25, -0.2) is 0 Å². The largest absolute Gasteiger partial charge is 0.311 e. The standard InChI is InChI=1S/C22H21N3O/c23-16-17-6-8-20(9-7-17)25-15-12-21(22(25)26)24-13-10-19(11-14-24)18-4-2-1-3-5-18/h1-10,21H,11-15H2/t21-/m1/s1. The molecular formula is C22H21N3O. The van der Waals surface area contributed by atoms with Gasteiger partial charge in [0.2, 0.25) is 5.91 Å². The van der Waals surface area contributed by atoms with Crippen LogP contribution in [0.4, 0.5) is 5.69 Å². The van der Waals surface area contributed by atoms with E-state index in [4.69, 9.17) is 5.26 Å². The predicted molar refractivity (Wildman–Crippen MR) is 103 cm³/mol. The molecule has 2 aromatic carbocycles. The van der Waals surface area contributed by atoms with Gasteiger partial charge >= 0.3 is 0 Å². The van der Waals surface area contributed by atoms with Gasteiger partial charge in [-0.2, -0.15) is 5.26 Å².